The predicted octanol–water partition coefficient (Wildman–Crippen LogP) is 0.864. The van der Waals surface area contributed by atoms with Crippen LogP contribution in [0.5, 0.6) is 0 Å². The Bertz CT molecular complexity index is 24.3. The van der Waals surface area contributed by atoms with E-state index in [2.05, 4.69) is 0 Å². The molecule has 0 bridgehead atoms. The minimum absolute atomic E-state index is 0. The third-order valence-electron chi connectivity index (χ3n) is 0. The minimum Gasteiger partial charge on any atom is -0.373 e. The molecule has 0 aromatic heterocycles. The Morgan fingerprint density at radius 2 is 1.25 bits per heavy atom. The summed E-state index contributed by atoms with van der Waals surface area (Å²) < 4.78 is 0. The molecular weight excluding hydrogens is 221 g/mol. The first-order valence-corrected chi connectivity index (χ1v) is 0.400. The number of nitrogens with zero attached hydrogens (tertiary/aromatic N) is 3. The van der Waals surface area contributed by atoms with Gasteiger partial charge in [-0.3, -0.25) is 4.91 Å². The molecule has 0 aliphatic heterocycles. The Morgan fingerprint density at radius 3 is 1.25 bits per heavy atom. The third kappa shape index (κ3) is 93.6. The number of hydrogen-bond acceptors (Lipinski definition) is 0. The second kappa shape index (κ2) is 10.9. The minimum atomic E-state index is 0. The Morgan fingerprint density at radius 1 is 1.25 bits per heavy atom. The summed E-state index contributed by atoms with van der Waals surface area (Å²) in [5, 5.41) is 0. The summed E-state index contributed by atoms with van der Waals surface area (Å²) in [5.74, 6) is 0. The zero-order chi connectivity index (χ0) is 2.71. The molecule has 0 saturated carbocycles. The van der Waals surface area contributed by atoms with Crippen LogP contribution in [0, 0.1) is 0 Å². The van der Waals surface area contributed by atoms with E-state index < -0.39 is 0 Å². The van der Waals surface area contributed by atoms with Gasteiger partial charge in [0.05, 0.1) is 0 Å². The monoisotopic (exact) mass is 222 g/mol. The van der Waals surface area contributed by atoms with Gasteiger partial charge >= 0.3 is 0 Å². The summed E-state index contributed by atoms with van der Waals surface area (Å²) >= 11 is 0. The Labute approximate surface area is 42.2 Å². The van der Waals surface area contributed by atoms with Crippen molar-refractivity contribution in [2.75, 3.05) is 0 Å². The maximum atomic E-state index is 6.75. The van der Waals surface area contributed by atoms with Crippen LogP contribution in [0.3, 0.4) is 0 Å². The van der Waals surface area contributed by atoms with Gasteiger partial charge in [-0.15, -0.1) is 0 Å². The quantitative estimate of drug-likeness (QED) is 0.252. The van der Waals surface area contributed by atoms with Crippen molar-refractivity contribution in [2.24, 2.45) is 0 Å². The average molecular weight is 221 g/mol. The molecule has 0 aromatic rings. The third-order valence-corrected chi connectivity index (χ3v) is 0. The molecule has 0 aliphatic rings. The molecule has 0 amide bonds. The van der Waals surface area contributed by atoms with Crippen molar-refractivity contribution in [2.45, 2.75) is 0 Å². The van der Waals surface area contributed by atoms with Crippen LogP contribution in [0.2, 0.25) is 0 Å². The van der Waals surface area contributed by atoms with Crippen molar-refractivity contribution >= 4 is 0 Å². The maximum absolute atomic E-state index is 6.75. The molecule has 4 heavy (non-hydrogen) atoms. The zero-order valence-corrected chi connectivity index (χ0v) is 5.43. The van der Waals surface area contributed by atoms with Crippen LogP contribution in [-0.2, 0) is 25.8 Å². The maximum Gasteiger partial charge on any atom is 0 e. The topological polar surface area (TPSA) is 58.7 Å². The summed E-state index contributed by atoms with van der Waals surface area (Å²) in [4.78, 5) is 1.50. The SMILES string of the molecule is [Hf].[N-]=[N+]=[N-]. The van der Waals surface area contributed by atoms with Crippen molar-refractivity contribution in [1.29, 1.82) is 0 Å². The normalized spacial score (nSPS) is 2.00. The molecule has 0 aromatic carbocycles. The second-order valence-electron chi connectivity index (χ2n) is 0.0894. The van der Waals surface area contributed by atoms with Gasteiger partial charge in [0, 0.05) is 25.8 Å². The fraction of sp³-hybridized carbons (Fsp3) is 0. The zero-order valence-electron chi connectivity index (χ0n) is 1.84. The molecular formula is HfN3-. The molecule has 0 radical (unpaired) electrons. The first kappa shape index (κ1) is 8.89. The van der Waals surface area contributed by atoms with E-state index in [-0.39, 0.29) is 25.8 Å². The summed E-state index contributed by atoms with van der Waals surface area (Å²) in [6.07, 6.45) is 0. The van der Waals surface area contributed by atoms with E-state index in [0.717, 1.165) is 0 Å². The van der Waals surface area contributed by atoms with Crippen LogP contribution in [0.25, 0.3) is 16.0 Å². The summed E-state index contributed by atoms with van der Waals surface area (Å²) in [6.45, 7) is 0. The van der Waals surface area contributed by atoms with Gasteiger partial charge in [0.25, 0.3) is 0 Å². The molecule has 0 N–H and O–H groups in total. The standard InChI is InChI=1S/Hf.N3/c;1-3-2/q;-1. The van der Waals surface area contributed by atoms with Crippen molar-refractivity contribution in [3.05, 3.63) is 16.0 Å². The van der Waals surface area contributed by atoms with Crippen molar-refractivity contribution in [3.63, 3.8) is 0 Å². The predicted molar refractivity (Wildman–Crippen MR) is 10.1 cm³/mol. The Hall–Kier alpha value is 0.180. The second-order valence-corrected chi connectivity index (χ2v) is 0.0894. The van der Waals surface area contributed by atoms with Crippen LogP contribution in [0.1, 0.15) is 0 Å². The van der Waals surface area contributed by atoms with E-state index in [9.17, 15) is 0 Å². The molecule has 4 heteroatoms. The van der Waals surface area contributed by atoms with E-state index in [0.29, 0.717) is 0 Å². The van der Waals surface area contributed by atoms with E-state index in [4.69, 9.17) is 11.1 Å². The van der Waals surface area contributed by atoms with Crippen molar-refractivity contribution in [3.8, 4) is 0 Å². The molecule has 0 heterocycles. The van der Waals surface area contributed by atoms with Gasteiger partial charge in [0.1, 0.15) is 0 Å². The molecule has 0 spiro atoms. The average Bonchev–Trinajstić information content (AvgIpc) is 0.918. The van der Waals surface area contributed by atoms with Crippen molar-refractivity contribution in [1.82, 2.24) is 0 Å². The van der Waals surface area contributed by atoms with Gasteiger partial charge in [-0.1, -0.05) is 0 Å². The molecule has 0 saturated heterocycles. The summed E-state index contributed by atoms with van der Waals surface area (Å²) in [7, 11) is 0. The van der Waals surface area contributed by atoms with Crippen LogP contribution in [0.4, 0.5) is 0 Å². The summed E-state index contributed by atoms with van der Waals surface area (Å²) in [6, 6.07) is 0. The van der Waals surface area contributed by atoms with Crippen LogP contribution in [-0.4, -0.2) is 0 Å². The van der Waals surface area contributed by atoms with Gasteiger partial charge in [-0.2, -0.15) is 0 Å². The van der Waals surface area contributed by atoms with Crippen molar-refractivity contribution < 1.29 is 25.8 Å². The fourth-order valence-electron chi connectivity index (χ4n) is 0. The first-order valence-electron chi connectivity index (χ1n) is 0.400. The Balaban J connectivity index is 0. The van der Waals surface area contributed by atoms with Crippen LogP contribution >= 0.6 is 0 Å². The van der Waals surface area contributed by atoms with Crippen LogP contribution in [0.15, 0.2) is 0 Å². The molecule has 20 valence electrons. The first-order chi connectivity index (χ1) is 1.41. The van der Waals surface area contributed by atoms with E-state index in [1.54, 1.807) is 0 Å². The van der Waals surface area contributed by atoms with Gasteiger partial charge in [-0.25, -0.2) is 0 Å². The smallest absolute Gasteiger partial charge is 0 e. The molecule has 0 fully saturated rings. The van der Waals surface area contributed by atoms with Gasteiger partial charge in [0.15, 0.2) is 0 Å². The molecule has 3 nitrogen and oxygen atoms in total. The van der Waals surface area contributed by atoms with Gasteiger partial charge in [-0.05, 0) is 0 Å². The van der Waals surface area contributed by atoms with Gasteiger partial charge < -0.3 is 11.1 Å². The molecule has 0 atom stereocenters. The van der Waals surface area contributed by atoms with E-state index >= 15 is 0 Å². The molecule has 0 rings (SSSR count). The summed E-state index contributed by atoms with van der Waals surface area (Å²) in [5.41, 5.74) is 13.5. The van der Waals surface area contributed by atoms with E-state index in [1.807, 2.05) is 0 Å². The fourth-order valence-corrected chi connectivity index (χ4v) is 0. The number of rotatable bonds is 0. The van der Waals surface area contributed by atoms with Gasteiger partial charge in [0.2, 0.25) is 0 Å². The Kier molecular flexibility index (Phi) is 24.1. The van der Waals surface area contributed by atoms with Crippen LogP contribution < -0.4 is 0 Å². The number of hydrogen-bond donors (Lipinski definition) is 0. The van der Waals surface area contributed by atoms with E-state index in [1.165, 1.54) is 4.91 Å². The molecule has 0 unspecified atom stereocenters. The largest absolute Gasteiger partial charge is 0.373 e. The molecule has 0 aliphatic carbocycles.